The van der Waals surface area contributed by atoms with E-state index in [0.717, 1.165) is 22.3 Å². The topological polar surface area (TPSA) is 56.5 Å². The number of carbonyl (C=O) groups is 2. The summed E-state index contributed by atoms with van der Waals surface area (Å²) in [5, 5.41) is 0. The summed E-state index contributed by atoms with van der Waals surface area (Å²) in [4.78, 5) is 25.8. The maximum Gasteiger partial charge on any atom is 0.404 e. The van der Waals surface area contributed by atoms with Gasteiger partial charge in [0.15, 0.2) is 0 Å². The van der Waals surface area contributed by atoms with Gasteiger partial charge in [-0.05, 0) is 38.8 Å². The van der Waals surface area contributed by atoms with Crippen LogP contribution >= 0.6 is 0 Å². The molecule has 3 aromatic rings. The van der Waals surface area contributed by atoms with Crippen molar-refractivity contribution in [2.75, 3.05) is 13.2 Å². The largest absolute Gasteiger partial charge is 0.458 e. The van der Waals surface area contributed by atoms with Crippen LogP contribution in [0.1, 0.15) is 46.0 Å². The summed E-state index contributed by atoms with van der Waals surface area (Å²) in [7, 11) is 0. The van der Waals surface area contributed by atoms with Crippen molar-refractivity contribution in [1.29, 1.82) is 0 Å². The van der Waals surface area contributed by atoms with Gasteiger partial charge in [-0.25, -0.2) is 9.59 Å². The van der Waals surface area contributed by atoms with Crippen molar-refractivity contribution in [2.24, 2.45) is 0 Å². The zero-order valence-electron chi connectivity index (χ0n) is 17.8. The van der Waals surface area contributed by atoms with Crippen LogP contribution < -0.4 is 4.57 Å². The van der Waals surface area contributed by atoms with E-state index in [1.54, 1.807) is 30.5 Å². The summed E-state index contributed by atoms with van der Waals surface area (Å²) in [6.07, 6.45) is 0. The summed E-state index contributed by atoms with van der Waals surface area (Å²) in [6.45, 7) is 7.96. The van der Waals surface area contributed by atoms with E-state index in [1.807, 2.05) is 62.4 Å². The third-order valence-corrected chi connectivity index (χ3v) is 4.71. The summed E-state index contributed by atoms with van der Waals surface area (Å²) in [6, 6.07) is 19.0. The van der Waals surface area contributed by atoms with Crippen LogP contribution in [0.2, 0.25) is 0 Å². The SMILES string of the molecule is CCOC(=O)c1cc(-c2ccc(C)cc2)cc(C(=O)OCC)[n+]1-c1ccc(C)cc1. The molecule has 0 radical (unpaired) electrons. The Labute approximate surface area is 176 Å². The number of aryl methyl sites for hydroxylation is 2. The van der Waals surface area contributed by atoms with Crippen LogP contribution in [-0.4, -0.2) is 25.2 Å². The van der Waals surface area contributed by atoms with E-state index in [1.165, 1.54) is 0 Å². The van der Waals surface area contributed by atoms with Crippen molar-refractivity contribution >= 4 is 11.9 Å². The summed E-state index contributed by atoms with van der Waals surface area (Å²) >= 11 is 0. The molecule has 154 valence electrons. The second kappa shape index (κ2) is 9.35. The lowest BCUT2D eigenvalue weighted by Gasteiger charge is -2.11. The zero-order chi connectivity index (χ0) is 21.7. The Morgan fingerprint density at radius 1 is 0.700 bits per heavy atom. The van der Waals surface area contributed by atoms with Crippen LogP contribution in [0.3, 0.4) is 0 Å². The Morgan fingerprint density at radius 2 is 1.13 bits per heavy atom. The fourth-order valence-electron chi connectivity index (χ4n) is 3.19. The lowest BCUT2D eigenvalue weighted by Crippen LogP contribution is -2.45. The van der Waals surface area contributed by atoms with E-state index in [2.05, 4.69) is 0 Å². The van der Waals surface area contributed by atoms with Gasteiger partial charge in [0.25, 0.3) is 11.4 Å². The highest BCUT2D eigenvalue weighted by Gasteiger charge is 2.32. The number of carbonyl (C=O) groups excluding carboxylic acids is 2. The highest BCUT2D eigenvalue weighted by molar-refractivity contribution is 5.92. The number of nitrogens with zero attached hydrogens (tertiary/aromatic N) is 1. The van der Waals surface area contributed by atoms with E-state index < -0.39 is 11.9 Å². The fraction of sp³-hybridized carbons (Fsp3) is 0.240. The van der Waals surface area contributed by atoms with Gasteiger partial charge in [0.2, 0.25) is 5.69 Å². The van der Waals surface area contributed by atoms with Gasteiger partial charge in [-0.2, -0.15) is 0 Å². The molecule has 1 heterocycles. The molecule has 0 aliphatic carbocycles. The van der Waals surface area contributed by atoms with Gasteiger partial charge in [0, 0.05) is 24.3 Å². The number of ether oxygens (including phenoxy) is 2. The second-order valence-electron chi connectivity index (χ2n) is 6.99. The van der Waals surface area contributed by atoms with Crippen molar-refractivity contribution in [1.82, 2.24) is 0 Å². The van der Waals surface area contributed by atoms with Crippen molar-refractivity contribution in [3.63, 3.8) is 0 Å². The maximum atomic E-state index is 12.9. The lowest BCUT2D eigenvalue weighted by atomic mass is 10.0. The van der Waals surface area contributed by atoms with E-state index in [9.17, 15) is 9.59 Å². The predicted molar refractivity (Wildman–Crippen MR) is 115 cm³/mol. The van der Waals surface area contributed by atoms with Gasteiger partial charge in [0.05, 0.1) is 13.2 Å². The molecule has 0 unspecified atom stereocenters. The molecule has 0 fully saturated rings. The van der Waals surface area contributed by atoms with E-state index in [0.29, 0.717) is 5.69 Å². The maximum absolute atomic E-state index is 12.9. The molecule has 0 spiro atoms. The Kier molecular flexibility index (Phi) is 6.62. The molecule has 0 atom stereocenters. The number of rotatable bonds is 6. The van der Waals surface area contributed by atoms with E-state index >= 15 is 0 Å². The second-order valence-corrected chi connectivity index (χ2v) is 6.99. The molecule has 0 saturated heterocycles. The number of esters is 2. The minimum absolute atomic E-state index is 0.232. The van der Waals surface area contributed by atoms with Crippen LogP contribution in [0.15, 0.2) is 60.7 Å². The number of hydrogen-bond acceptors (Lipinski definition) is 4. The summed E-state index contributed by atoms with van der Waals surface area (Å²) in [5.74, 6) is -1.00. The van der Waals surface area contributed by atoms with Crippen LogP contribution in [0.5, 0.6) is 0 Å². The van der Waals surface area contributed by atoms with Crippen LogP contribution in [-0.2, 0) is 9.47 Å². The third-order valence-electron chi connectivity index (χ3n) is 4.71. The first-order valence-corrected chi connectivity index (χ1v) is 10.0. The van der Waals surface area contributed by atoms with Crippen molar-refractivity contribution in [2.45, 2.75) is 27.7 Å². The molecule has 5 heteroatoms. The molecule has 2 aromatic carbocycles. The van der Waals surface area contributed by atoms with Gasteiger partial charge < -0.3 is 9.47 Å². The van der Waals surface area contributed by atoms with Crippen LogP contribution in [0.4, 0.5) is 0 Å². The number of aromatic nitrogens is 1. The highest BCUT2D eigenvalue weighted by atomic mass is 16.5. The standard InChI is InChI=1S/C25H26NO4/c1-5-29-24(27)22-15-20(19-11-7-17(3)8-12-19)16-23(25(28)30-6-2)26(22)21-13-9-18(4)10-14-21/h7-16H,5-6H2,1-4H3/q+1. The number of benzene rings is 2. The molecular formula is C25H26NO4+. The van der Waals surface area contributed by atoms with E-state index in [4.69, 9.17) is 9.47 Å². The van der Waals surface area contributed by atoms with Gasteiger partial charge >= 0.3 is 11.9 Å². The number of pyridine rings is 1. The third kappa shape index (κ3) is 4.57. The molecule has 0 N–H and O–H groups in total. The molecular weight excluding hydrogens is 378 g/mol. The van der Waals surface area contributed by atoms with E-state index in [-0.39, 0.29) is 24.6 Å². The van der Waals surface area contributed by atoms with Crippen LogP contribution in [0, 0.1) is 13.8 Å². The van der Waals surface area contributed by atoms with Crippen molar-refractivity contribution in [3.8, 4) is 16.8 Å². The molecule has 0 bridgehead atoms. The van der Waals surface area contributed by atoms with Gasteiger partial charge in [-0.3, -0.25) is 0 Å². The molecule has 0 saturated carbocycles. The van der Waals surface area contributed by atoms with Gasteiger partial charge in [-0.1, -0.05) is 47.5 Å². The Morgan fingerprint density at radius 3 is 1.57 bits per heavy atom. The molecule has 30 heavy (non-hydrogen) atoms. The minimum atomic E-state index is -0.502. The molecule has 0 amide bonds. The van der Waals surface area contributed by atoms with Crippen molar-refractivity contribution in [3.05, 3.63) is 83.2 Å². The first-order valence-electron chi connectivity index (χ1n) is 10.0. The fourth-order valence-corrected chi connectivity index (χ4v) is 3.19. The molecule has 1 aromatic heterocycles. The summed E-state index contributed by atoms with van der Waals surface area (Å²) < 4.78 is 12.2. The number of hydrogen-bond donors (Lipinski definition) is 0. The van der Waals surface area contributed by atoms with Crippen LogP contribution in [0.25, 0.3) is 16.8 Å². The Bertz CT molecular complexity index is 1010. The molecule has 0 aliphatic rings. The first kappa shape index (κ1) is 21.2. The predicted octanol–water partition coefficient (Wildman–Crippen LogP) is 4.60. The average molecular weight is 404 g/mol. The zero-order valence-corrected chi connectivity index (χ0v) is 17.8. The van der Waals surface area contributed by atoms with Gasteiger partial charge in [0.1, 0.15) is 0 Å². The smallest absolute Gasteiger partial charge is 0.404 e. The normalized spacial score (nSPS) is 10.5. The highest BCUT2D eigenvalue weighted by Crippen LogP contribution is 2.23. The van der Waals surface area contributed by atoms with Gasteiger partial charge in [-0.15, -0.1) is 4.57 Å². The lowest BCUT2D eigenvalue weighted by molar-refractivity contribution is -0.601. The molecule has 3 rings (SSSR count). The average Bonchev–Trinajstić information content (AvgIpc) is 2.74. The quantitative estimate of drug-likeness (QED) is 0.445. The molecule has 0 aliphatic heterocycles. The minimum Gasteiger partial charge on any atom is -0.458 e. The monoisotopic (exact) mass is 404 g/mol. The Hall–Kier alpha value is -3.47. The Balaban J connectivity index is 2.31. The summed E-state index contributed by atoms with van der Waals surface area (Å²) in [5.41, 5.74) is 5.05. The molecule has 5 nitrogen and oxygen atoms in total. The first-order chi connectivity index (χ1) is 14.4. The van der Waals surface area contributed by atoms with Crippen molar-refractivity contribution < 1.29 is 23.6 Å².